The van der Waals surface area contributed by atoms with Gasteiger partial charge in [0.25, 0.3) is 11.6 Å². The van der Waals surface area contributed by atoms with E-state index in [0.29, 0.717) is 0 Å². The Labute approximate surface area is 116 Å². The first kappa shape index (κ1) is 13.2. The van der Waals surface area contributed by atoms with Gasteiger partial charge < -0.3 is 11.1 Å². The average molecular weight is 299 g/mol. The fraction of sp³-hybridized carbons (Fsp3) is 0. The van der Waals surface area contributed by atoms with Crippen LogP contribution < -0.4 is 11.1 Å². The normalized spacial score (nSPS) is 10.2. The number of benzene rings is 1. The van der Waals surface area contributed by atoms with Crippen LogP contribution in [0.5, 0.6) is 0 Å². The van der Waals surface area contributed by atoms with Crippen molar-refractivity contribution in [1.29, 1.82) is 0 Å². The molecule has 3 N–H and O–H groups in total. The number of nitrogens with two attached hydrogens (primary N) is 1. The van der Waals surface area contributed by atoms with Crippen LogP contribution in [-0.4, -0.2) is 15.8 Å². The number of nitrogen functional groups attached to an aromatic ring is 1. The van der Waals surface area contributed by atoms with Crippen molar-refractivity contribution >= 4 is 45.4 Å². The number of carbonyl (C=O) groups is 1. The van der Waals surface area contributed by atoms with E-state index >= 15 is 0 Å². The summed E-state index contributed by atoms with van der Waals surface area (Å²) in [6, 6.07) is 3.98. The first-order valence-corrected chi connectivity index (χ1v) is 6.19. The summed E-state index contributed by atoms with van der Waals surface area (Å²) in [5, 5.41) is 15.0. The molecule has 0 bridgehead atoms. The summed E-state index contributed by atoms with van der Waals surface area (Å²) in [4.78, 5) is 25.7. The van der Waals surface area contributed by atoms with E-state index in [1.807, 2.05) is 0 Å². The molecule has 98 valence electrons. The summed E-state index contributed by atoms with van der Waals surface area (Å²) >= 11 is 6.80. The van der Waals surface area contributed by atoms with Crippen molar-refractivity contribution < 1.29 is 9.72 Å². The molecule has 1 heterocycles. The average Bonchev–Trinajstić information content (AvgIpc) is 2.78. The fourth-order valence-corrected chi connectivity index (χ4v) is 2.05. The van der Waals surface area contributed by atoms with Crippen LogP contribution in [0, 0.1) is 10.1 Å². The maximum absolute atomic E-state index is 11.8. The van der Waals surface area contributed by atoms with Gasteiger partial charge in [-0.1, -0.05) is 11.6 Å². The molecule has 1 aromatic carbocycles. The zero-order valence-corrected chi connectivity index (χ0v) is 10.9. The van der Waals surface area contributed by atoms with E-state index in [-0.39, 0.29) is 27.2 Å². The Hall–Kier alpha value is -2.19. The van der Waals surface area contributed by atoms with Gasteiger partial charge in [-0.25, -0.2) is 4.98 Å². The number of nitrogens with one attached hydrogen (secondary N) is 1. The molecule has 0 spiro atoms. The van der Waals surface area contributed by atoms with Gasteiger partial charge in [0.15, 0.2) is 5.13 Å². The molecule has 0 fully saturated rings. The lowest BCUT2D eigenvalue weighted by molar-refractivity contribution is -0.384. The van der Waals surface area contributed by atoms with E-state index in [2.05, 4.69) is 10.3 Å². The van der Waals surface area contributed by atoms with Gasteiger partial charge in [-0.05, 0) is 12.1 Å². The Bertz CT molecular complexity index is 658. The summed E-state index contributed by atoms with van der Waals surface area (Å²) in [5.41, 5.74) is 5.54. The molecule has 9 heteroatoms. The number of amides is 1. The molecule has 0 aliphatic heterocycles. The number of hydrogen-bond donors (Lipinski definition) is 2. The number of nitrogens with zero attached hydrogens (tertiary/aromatic N) is 2. The van der Waals surface area contributed by atoms with E-state index in [4.69, 9.17) is 17.3 Å². The number of aromatic nitrogens is 1. The molecule has 0 saturated carbocycles. The van der Waals surface area contributed by atoms with E-state index in [0.717, 1.165) is 11.3 Å². The molecule has 19 heavy (non-hydrogen) atoms. The van der Waals surface area contributed by atoms with Crippen LogP contribution >= 0.6 is 22.9 Å². The number of nitro benzene ring substituents is 1. The minimum Gasteiger partial charge on any atom is -0.375 e. The third-order valence-corrected chi connectivity index (χ3v) is 3.15. The Morgan fingerprint density at radius 3 is 2.84 bits per heavy atom. The van der Waals surface area contributed by atoms with Crippen LogP contribution in [0.25, 0.3) is 0 Å². The molecule has 2 aromatic rings. The summed E-state index contributed by atoms with van der Waals surface area (Å²) in [7, 11) is 0. The predicted molar refractivity (Wildman–Crippen MR) is 72.6 cm³/mol. The SMILES string of the molecule is Nc1nc(C(=O)Nc2ccc(Cl)c([N+](=O)[O-])c2)cs1. The molecule has 0 atom stereocenters. The van der Waals surface area contributed by atoms with Crippen LogP contribution in [0.2, 0.25) is 5.02 Å². The van der Waals surface area contributed by atoms with Crippen LogP contribution in [0.1, 0.15) is 10.5 Å². The molecule has 1 amide bonds. The monoisotopic (exact) mass is 298 g/mol. The fourth-order valence-electron chi connectivity index (χ4n) is 1.32. The Morgan fingerprint density at radius 2 is 2.26 bits per heavy atom. The second kappa shape index (κ2) is 5.21. The van der Waals surface area contributed by atoms with Crippen molar-refractivity contribution in [2.45, 2.75) is 0 Å². The zero-order chi connectivity index (χ0) is 14.0. The molecular weight excluding hydrogens is 292 g/mol. The first-order chi connectivity index (χ1) is 8.97. The minimum atomic E-state index is -0.626. The Morgan fingerprint density at radius 1 is 1.53 bits per heavy atom. The number of carbonyl (C=O) groups excluding carboxylic acids is 1. The van der Waals surface area contributed by atoms with Gasteiger partial charge >= 0.3 is 0 Å². The van der Waals surface area contributed by atoms with Crippen LogP contribution in [0.4, 0.5) is 16.5 Å². The van der Waals surface area contributed by atoms with Crippen LogP contribution in [0.3, 0.4) is 0 Å². The number of hydrogen-bond acceptors (Lipinski definition) is 6. The van der Waals surface area contributed by atoms with Gasteiger partial charge in [0.2, 0.25) is 0 Å². The number of nitro groups is 1. The van der Waals surface area contributed by atoms with Crippen LogP contribution in [-0.2, 0) is 0 Å². The van der Waals surface area contributed by atoms with Crippen molar-refractivity contribution in [3.8, 4) is 0 Å². The highest BCUT2D eigenvalue weighted by molar-refractivity contribution is 7.13. The third kappa shape index (κ3) is 2.98. The second-order valence-electron chi connectivity index (χ2n) is 3.45. The van der Waals surface area contributed by atoms with Gasteiger partial charge in [0.1, 0.15) is 10.7 Å². The second-order valence-corrected chi connectivity index (χ2v) is 4.75. The summed E-state index contributed by atoms with van der Waals surface area (Å²) < 4.78 is 0. The van der Waals surface area contributed by atoms with E-state index < -0.39 is 10.8 Å². The number of anilines is 2. The summed E-state index contributed by atoms with van der Waals surface area (Å²) in [5.74, 6) is -0.496. The molecule has 2 rings (SSSR count). The molecule has 7 nitrogen and oxygen atoms in total. The lowest BCUT2D eigenvalue weighted by atomic mass is 10.2. The highest BCUT2D eigenvalue weighted by Gasteiger charge is 2.15. The molecule has 0 radical (unpaired) electrons. The predicted octanol–water partition coefficient (Wildman–Crippen LogP) is 2.54. The molecule has 1 aromatic heterocycles. The van der Waals surface area contributed by atoms with E-state index in [1.54, 1.807) is 0 Å². The Kier molecular flexibility index (Phi) is 3.63. The number of rotatable bonds is 3. The van der Waals surface area contributed by atoms with Gasteiger partial charge in [-0.3, -0.25) is 14.9 Å². The Balaban J connectivity index is 2.22. The summed E-state index contributed by atoms with van der Waals surface area (Å²) in [6.07, 6.45) is 0. The lowest BCUT2D eigenvalue weighted by Gasteiger charge is -2.03. The topological polar surface area (TPSA) is 111 Å². The van der Waals surface area contributed by atoms with Crippen molar-refractivity contribution in [3.63, 3.8) is 0 Å². The highest BCUT2D eigenvalue weighted by Crippen LogP contribution is 2.27. The molecule has 0 aliphatic carbocycles. The molecular formula is C10H7ClN4O3S. The number of thiazole rings is 1. The van der Waals surface area contributed by atoms with E-state index in [9.17, 15) is 14.9 Å². The maximum atomic E-state index is 11.8. The van der Waals surface area contributed by atoms with Crippen molar-refractivity contribution in [1.82, 2.24) is 4.98 Å². The number of halogens is 1. The van der Waals surface area contributed by atoms with Crippen molar-refractivity contribution in [2.75, 3.05) is 11.1 Å². The van der Waals surface area contributed by atoms with Gasteiger partial charge in [0, 0.05) is 17.1 Å². The largest absolute Gasteiger partial charge is 0.375 e. The van der Waals surface area contributed by atoms with Gasteiger partial charge in [-0.2, -0.15) is 0 Å². The van der Waals surface area contributed by atoms with Crippen molar-refractivity contribution in [3.05, 3.63) is 44.4 Å². The van der Waals surface area contributed by atoms with Crippen LogP contribution in [0.15, 0.2) is 23.6 Å². The summed E-state index contributed by atoms with van der Waals surface area (Å²) in [6.45, 7) is 0. The standard InChI is InChI=1S/C10H7ClN4O3S/c11-6-2-1-5(3-8(6)15(17)18)13-9(16)7-4-19-10(12)14-7/h1-4H,(H2,12,14)(H,13,16). The first-order valence-electron chi connectivity index (χ1n) is 4.93. The molecule has 0 aliphatic rings. The molecule has 0 saturated heterocycles. The van der Waals surface area contributed by atoms with Gasteiger partial charge in [-0.15, -0.1) is 11.3 Å². The highest BCUT2D eigenvalue weighted by atomic mass is 35.5. The smallest absolute Gasteiger partial charge is 0.289 e. The van der Waals surface area contributed by atoms with E-state index in [1.165, 1.54) is 23.6 Å². The van der Waals surface area contributed by atoms with Gasteiger partial charge in [0.05, 0.1) is 4.92 Å². The zero-order valence-electron chi connectivity index (χ0n) is 9.29. The minimum absolute atomic E-state index is 0.000835. The lowest BCUT2D eigenvalue weighted by Crippen LogP contribution is -2.12. The molecule has 0 unspecified atom stereocenters. The maximum Gasteiger partial charge on any atom is 0.289 e. The quantitative estimate of drug-likeness (QED) is 0.668. The third-order valence-electron chi connectivity index (χ3n) is 2.16. The van der Waals surface area contributed by atoms with Crippen molar-refractivity contribution in [2.24, 2.45) is 0 Å².